The van der Waals surface area contributed by atoms with E-state index in [0.29, 0.717) is 0 Å². The van der Waals surface area contributed by atoms with Crippen LogP contribution in [0.25, 0.3) is 0 Å². The predicted molar refractivity (Wildman–Crippen MR) is 41.2 cm³/mol. The smallest absolute Gasteiger partial charge is 0.0160 e. The molecule has 1 rings (SSSR count). The van der Waals surface area contributed by atoms with Crippen LogP contribution in [0.2, 0.25) is 0 Å². The van der Waals surface area contributed by atoms with Crippen molar-refractivity contribution in [1.29, 1.82) is 0 Å². The van der Waals surface area contributed by atoms with E-state index in [4.69, 9.17) is 0 Å². The van der Waals surface area contributed by atoms with Crippen LogP contribution in [0.1, 0.15) is 0 Å². The molecule has 0 bridgehead atoms. The average Bonchev–Trinajstić information content (AvgIpc) is 2.08. The fourth-order valence-electron chi connectivity index (χ4n) is 0.647. The SMILES string of the molecule is C[SH](C)(=O)n1cccc1. The third-order valence-corrected chi connectivity index (χ3v) is 2.52. The normalized spacial score (nSPS) is 13.6. The Morgan fingerprint density at radius 2 is 1.67 bits per heavy atom. The number of rotatable bonds is 1. The van der Waals surface area contributed by atoms with Crippen LogP contribution in [-0.2, 0) is 10.1 Å². The van der Waals surface area contributed by atoms with Gasteiger partial charge in [-0.2, -0.15) is 0 Å². The molecule has 0 saturated carbocycles. The molecular weight excluding hydrogens is 134 g/mol. The first-order valence-corrected chi connectivity index (χ1v) is 5.35. The van der Waals surface area contributed by atoms with E-state index < -0.39 is 10.1 Å². The minimum absolute atomic E-state index is 1.74. The molecule has 52 valence electrons. The Morgan fingerprint density at radius 3 is 1.89 bits per heavy atom. The van der Waals surface area contributed by atoms with E-state index in [9.17, 15) is 4.21 Å². The van der Waals surface area contributed by atoms with Gasteiger partial charge in [0.05, 0.1) is 0 Å². The van der Waals surface area contributed by atoms with E-state index in [0.717, 1.165) is 0 Å². The minimum atomic E-state index is -2.05. The van der Waals surface area contributed by atoms with Crippen molar-refractivity contribution in [3.63, 3.8) is 0 Å². The molecule has 1 aromatic heterocycles. The quantitative estimate of drug-likeness (QED) is 0.572. The molecule has 0 saturated heterocycles. The summed E-state index contributed by atoms with van der Waals surface area (Å²) in [6.07, 6.45) is 7.13. The highest BCUT2D eigenvalue weighted by Crippen LogP contribution is 1.99. The molecule has 3 heteroatoms. The Balaban J connectivity index is 3.04. The number of hydrogen-bond donors (Lipinski definition) is 1. The first-order chi connectivity index (χ1) is 4.11. The molecule has 2 nitrogen and oxygen atoms in total. The number of hydrogen-bond acceptors (Lipinski definition) is 1. The molecule has 0 amide bonds. The second-order valence-corrected chi connectivity index (χ2v) is 5.41. The Bertz CT molecular complexity index is 221. The highest BCUT2D eigenvalue weighted by Gasteiger charge is 1.97. The Kier molecular flexibility index (Phi) is 1.45. The minimum Gasteiger partial charge on any atom is -0.296 e. The number of nitrogens with zero attached hydrogens (tertiary/aromatic N) is 1. The van der Waals surface area contributed by atoms with Gasteiger partial charge in [-0.15, -0.1) is 0 Å². The van der Waals surface area contributed by atoms with Crippen molar-refractivity contribution in [2.45, 2.75) is 0 Å². The molecule has 0 N–H and O–H groups in total. The molecule has 0 radical (unpaired) electrons. The molecule has 0 atom stereocenters. The van der Waals surface area contributed by atoms with Gasteiger partial charge in [0.2, 0.25) is 0 Å². The fraction of sp³-hybridized carbons (Fsp3) is 0.333. The van der Waals surface area contributed by atoms with Crippen molar-refractivity contribution in [2.75, 3.05) is 12.5 Å². The monoisotopic (exact) mass is 145 g/mol. The second-order valence-electron chi connectivity index (χ2n) is 2.36. The molecule has 0 aliphatic heterocycles. The third kappa shape index (κ3) is 1.42. The van der Waals surface area contributed by atoms with Crippen molar-refractivity contribution in [1.82, 2.24) is 3.97 Å². The lowest BCUT2D eigenvalue weighted by Crippen LogP contribution is -2.15. The van der Waals surface area contributed by atoms with E-state index in [1.807, 2.05) is 24.5 Å². The molecule has 0 fully saturated rings. The topological polar surface area (TPSA) is 22.0 Å². The summed E-state index contributed by atoms with van der Waals surface area (Å²) < 4.78 is 13.0. The summed E-state index contributed by atoms with van der Waals surface area (Å²) in [7, 11) is -2.05. The number of thiol groups is 1. The Labute approximate surface area is 56.1 Å². The Morgan fingerprint density at radius 1 is 1.22 bits per heavy atom. The van der Waals surface area contributed by atoms with Crippen molar-refractivity contribution in [3.05, 3.63) is 24.5 Å². The van der Waals surface area contributed by atoms with Gasteiger partial charge in [0.1, 0.15) is 0 Å². The maximum Gasteiger partial charge on any atom is 0.0160 e. The lowest BCUT2D eigenvalue weighted by Gasteiger charge is -2.13. The van der Waals surface area contributed by atoms with Gasteiger partial charge in [-0.3, -0.25) is 8.18 Å². The molecule has 0 unspecified atom stereocenters. The van der Waals surface area contributed by atoms with E-state index in [1.165, 1.54) is 0 Å². The second kappa shape index (κ2) is 1.99. The molecular formula is C6H11NOS. The zero-order valence-corrected chi connectivity index (χ0v) is 6.51. The summed E-state index contributed by atoms with van der Waals surface area (Å²) in [6, 6.07) is 3.75. The zero-order valence-electron chi connectivity index (χ0n) is 5.61. The highest BCUT2D eigenvalue weighted by molar-refractivity contribution is 8.00. The first kappa shape index (κ1) is 6.55. The van der Waals surface area contributed by atoms with Crippen molar-refractivity contribution < 1.29 is 4.21 Å². The van der Waals surface area contributed by atoms with Crippen LogP contribution in [0, 0.1) is 0 Å². The Hall–Kier alpha value is -0.570. The predicted octanol–water partition coefficient (Wildman–Crippen LogP) is 0.528. The molecule has 1 aromatic rings. The van der Waals surface area contributed by atoms with Gasteiger partial charge in [-0.25, -0.2) is 0 Å². The summed E-state index contributed by atoms with van der Waals surface area (Å²) in [5.41, 5.74) is 0. The van der Waals surface area contributed by atoms with Gasteiger partial charge in [-0.05, 0) is 22.3 Å². The molecule has 0 aliphatic rings. The van der Waals surface area contributed by atoms with E-state index in [1.54, 1.807) is 16.5 Å². The maximum atomic E-state index is 11.2. The zero-order chi connectivity index (χ0) is 6.91. The van der Waals surface area contributed by atoms with Crippen molar-refractivity contribution in [2.24, 2.45) is 0 Å². The molecule has 0 aliphatic carbocycles. The van der Waals surface area contributed by atoms with E-state index >= 15 is 0 Å². The average molecular weight is 145 g/mol. The lowest BCUT2D eigenvalue weighted by atomic mass is 10.7. The summed E-state index contributed by atoms with van der Waals surface area (Å²) in [4.78, 5) is 0. The van der Waals surface area contributed by atoms with Crippen molar-refractivity contribution >= 4 is 10.1 Å². The van der Waals surface area contributed by atoms with Gasteiger partial charge >= 0.3 is 0 Å². The molecule has 0 spiro atoms. The van der Waals surface area contributed by atoms with Crippen LogP contribution >= 0.6 is 0 Å². The van der Waals surface area contributed by atoms with Crippen LogP contribution in [0.5, 0.6) is 0 Å². The molecule has 0 aromatic carbocycles. The maximum absolute atomic E-state index is 11.2. The molecule has 1 heterocycles. The summed E-state index contributed by atoms with van der Waals surface area (Å²) in [5.74, 6) is 0. The van der Waals surface area contributed by atoms with E-state index in [-0.39, 0.29) is 0 Å². The van der Waals surface area contributed by atoms with Crippen LogP contribution in [0.15, 0.2) is 24.5 Å². The molecule has 9 heavy (non-hydrogen) atoms. The third-order valence-electron chi connectivity index (χ3n) is 1.14. The van der Waals surface area contributed by atoms with Gasteiger partial charge < -0.3 is 0 Å². The van der Waals surface area contributed by atoms with Crippen molar-refractivity contribution in [3.8, 4) is 0 Å². The van der Waals surface area contributed by atoms with Crippen LogP contribution < -0.4 is 0 Å². The lowest BCUT2D eigenvalue weighted by molar-refractivity contribution is 0.672. The van der Waals surface area contributed by atoms with Gasteiger partial charge in [0, 0.05) is 24.9 Å². The largest absolute Gasteiger partial charge is 0.296 e. The van der Waals surface area contributed by atoms with Gasteiger partial charge in [-0.1, -0.05) is 0 Å². The number of aromatic nitrogens is 1. The van der Waals surface area contributed by atoms with Crippen LogP contribution in [0.4, 0.5) is 0 Å². The summed E-state index contributed by atoms with van der Waals surface area (Å²) in [5, 5.41) is 0. The fourth-order valence-corrected chi connectivity index (χ4v) is 1.44. The van der Waals surface area contributed by atoms with Crippen LogP contribution in [-0.4, -0.2) is 20.7 Å². The highest BCUT2D eigenvalue weighted by atomic mass is 32.3. The van der Waals surface area contributed by atoms with Crippen LogP contribution in [0.3, 0.4) is 0 Å². The van der Waals surface area contributed by atoms with Gasteiger partial charge in [0.25, 0.3) is 0 Å². The standard InChI is InChI=1S/C6H11NOS/c1-9(2,8)7-5-3-4-6-7/h3-6,9H,1-2H3. The first-order valence-electron chi connectivity index (χ1n) is 2.79. The summed E-state index contributed by atoms with van der Waals surface area (Å²) in [6.45, 7) is 0. The van der Waals surface area contributed by atoms with Gasteiger partial charge in [0.15, 0.2) is 0 Å². The van der Waals surface area contributed by atoms with E-state index in [2.05, 4.69) is 0 Å². The summed E-state index contributed by atoms with van der Waals surface area (Å²) >= 11 is 0.